The van der Waals surface area contributed by atoms with Crippen LogP contribution in [0, 0.1) is 0 Å². The minimum Gasteiger partial charge on any atom is -0.298 e. The summed E-state index contributed by atoms with van der Waals surface area (Å²) < 4.78 is 1.88. The topological polar surface area (TPSA) is 64.8 Å². The van der Waals surface area contributed by atoms with Gasteiger partial charge in [-0.2, -0.15) is 5.10 Å². The van der Waals surface area contributed by atoms with E-state index in [9.17, 15) is 9.59 Å². The van der Waals surface area contributed by atoms with Crippen LogP contribution in [0.5, 0.6) is 0 Å². The summed E-state index contributed by atoms with van der Waals surface area (Å²) in [5, 5.41) is 4.77. The van der Waals surface area contributed by atoms with Crippen LogP contribution in [-0.4, -0.2) is 20.5 Å². The van der Waals surface area contributed by atoms with E-state index < -0.39 is 0 Å². The summed E-state index contributed by atoms with van der Waals surface area (Å²) in [5.41, 5.74) is 1.03. The summed E-state index contributed by atoms with van der Waals surface area (Å²) in [6.07, 6.45) is 0. The van der Waals surface area contributed by atoms with Crippen LogP contribution in [0.4, 0.5) is 0 Å². The van der Waals surface area contributed by atoms with Gasteiger partial charge in [-0.3, -0.25) is 9.59 Å². The van der Waals surface area contributed by atoms with Gasteiger partial charge in [0.1, 0.15) is 16.7 Å². The highest BCUT2D eigenvalue weighted by molar-refractivity contribution is 9.10. The number of halogens is 1. The fourth-order valence-electron chi connectivity index (χ4n) is 1.87. The van der Waals surface area contributed by atoms with Crippen molar-refractivity contribution in [2.75, 3.05) is 0 Å². The van der Waals surface area contributed by atoms with Gasteiger partial charge >= 0.3 is 0 Å². The van der Waals surface area contributed by atoms with Crippen molar-refractivity contribution in [3.05, 3.63) is 32.8 Å². The van der Waals surface area contributed by atoms with Crippen LogP contribution in [-0.2, 0) is 11.3 Å². The van der Waals surface area contributed by atoms with E-state index in [1.807, 2.05) is 13.8 Å². The zero-order valence-corrected chi connectivity index (χ0v) is 12.6. The molecule has 0 saturated heterocycles. The maximum Gasteiger partial charge on any atom is 0.276 e. The molecule has 2 heterocycles. The number of hydrogen-bond donors (Lipinski definition) is 0. The molecule has 0 aliphatic heterocycles. The van der Waals surface area contributed by atoms with Crippen LogP contribution < -0.4 is 5.56 Å². The third-order valence-electron chi connectivity index (χ3n) is 2.72. The fraction of sp³-hybridized carbons (Fsp3) is 0.385. The lowest BCUT2D eigenvalue weighted by atomic mass is 10.1. The second kappa shape index (κ2) is 5.21. The lowest BCUT2D eigenvalue weighted by molar-refractivity contribution is -0.117. The highest BCUT2D eigenvalue weighted by atomic mass is 79.9. The highest BCUT2D eigenvalue weighted by Crippen LogP contribution is 2.21. The monoisotopic (exact) mass is 323 g/mol. The van der Waals surface area contributed by atoms with Gasteiger partial charge in [-0.25, -0.2) is 9.67 Å². The van der Waals surface area contributed by atoms with Crippen LogP contribution in [0.1, 0.15) is 32.4 Å². The van der Waals surface area contributed by atoms with Crippen LogP contribution in [0.2, 0.25) is 0 Å². The number of hydrogen-bond acceptors (Lipinski definition) is 4. The Morgan fingerprint density at radius 3 is 2.68 bits per heavy atom. The summed E-state index contributed by atoms with van der Waals surface area (Å²) in [4.78, 5) is 27.8. The Kier molecular flexibility index (Phi) is 3.80. The summed E-state index contributed by atoms with van der Waals surface area (Å²) in [5.74, 6) is 0.0110. The predicted octanol–water partition coefficient (Wildman–Crippen LogP) is 2.27. The number of rotatable bonds is 3. The second-order valence-corrected chi connectivity index (χ2v) is 5.55. The summed E-state index contributed by atoms with van der Waals surface area (Å²) >= 11 is 3.30. The molecule has 0 aromatic carbocycles. The van der Waals surface area contributed by atoms with Crippen LogP contribution >= 0.6 is 15.9 Å². The molecule has 0 unspecified atom stereocenters. The maximum absolute atomic E-state index is 12.2. The van der Waals surface area contributed by atoms with E-state index in [-0.39, 0.29) is 23.8 Å². The molecule has 0 fully saturated rings. The van der Waals surface area contributed by atoms with Crippen LogP contribution in [0.3, 0.4) is 0 Å². The molecule has 0 amide bonds. The Morgan fingerprint density at radius 1 is 1.42 bits per heavy atom. The van der Waals surface area contributed by atoms with Crippen LogP contribution in [0.25, 0.3) is 10.9 Å². The first-order chi connectivity index (χ1) is 8.90. The Morgan fingerprint density at radius 2 is 2.11 bits per heavy atom. The quantitative estimate of drug-likeness (QED) is 0.813. The van der Waals surface area contributed by atoms with E-state index in [0.29, 0.717) is 15.5 Å². The van der Waals surface area contributed by atoms with Gasteiger partial charge in [0, 0.05) is 0 Å². The first-order valence-corrected chi connectivity index (χ1v) is 6.76. The normalized spacial score (nSPS) is 11.2. The van der Waals surface area contributed by atoms with Crippen LogP contribution in [0.15, 0.2) is 21.5 Å². The SMILES string of the molecule is CC(=O)Cn1nc(C(C)C)c2nc(Br)ccc2c1=O. The van der Waals surface area contributed by atoms with Gasteiger partial charge in [0.15, 0.2) is 5.78 Å². The molecule has 0 saturated carbocycles. The number of pyridine rings is 1. The number of ketones is 1. The first-order valence-electron chi connectivity index (χ1n) is 5.97. The summed E-state index contributed by atoms with van der Waals surface area (Å²) in [6.45, 7) is 5.39. The standard InChI is InChI=1S/C13H14BrN3O2/c1-7(2)11-12-9(4-5-10(14)15-12)13(19)17(16-11)6-8(3)18/h4-5,7H,6H2,1-3H3. The van der Waals surface area contributed by atoms with E-state index in [4.69, 9.17) is 0 Å². The Labute approximate surface area is 118 Å². The van der Waals surface area contributed by atoms with Gasteiger partial charge in [-0.1, -0.05) is 13.8 Å². The zero-order valence-electron chi connectivity index (χ0n) is 11.0. The number of aromatic nitrogens is 3. The molecule has 0 radical (unpaired) electrons. The minimum atomic E-state index is -0.283. The molecule has 0 bridgehead atoms. The van der Waals surface area contributed by atoms with Crippen molar-refractivity contribution in [2.24, 2.45) is 0 Å². The number of carbonyl (C=O) groups excluding carboxylic acids is 1. The number of Topliss-reactive ketones (excluding diaryl/α,β-unsaturated/α-hetero) is 1. The highest BCUT2D eigenvalue weighted by Gasteiger charge is 2.15. The molecule has 2 aromatic heterocycles. The van der Waals surface area contributed by atoms with E-state index in [0.717, 1.165) is 5.69 Å². The summed E-state index contributed by atoms with van der Waals surface area (Å²) in [7, 11) is 0. The third kappa shape index (κ3) is 2.73. The molecule has 2 rings (SSSR count). The number of nitrogens with zero attached hydrogens (tertiary/aromatic N) is 3. The molecular weight excluding hydrogens is 310 g/mol. The van der Waals surface area contributed by atoms with E-state index in [1.54, 1.807) is 12.1 Å². The Bertz CT molecular complexity index is 707. The van der Waals surface area contributed by atoms with Gasteiger partial charge in [0.05, 0.1) is 11.1 Å². The van der Waals surface area contributed by atoms with Crippen molar-refractivity contribution < 1.29 is 4.79 Å². The smallest absolute Gasteiger partial charge is 0.276 e. The van der Waals surface area contributed by atoms with Crippen molar-refractivity contribution in [3.63, 3.8) is 0 Å². The second-order valence-electron chi connectivity index (χ2n) is 4.73. The lowest BCUT2D eigenvalue weighted by Crippen LogP contribution is -2.28. The first kappa shape index (κ1) is 13.9. The van der Waals surface area contributed by atoms with Gasteiger partial charge in [0.2, 0.25) is 0 Å². The van der Waals surface area contributed by atoms with Crippen molar-refractivity contribution in [1.82, 2.24) is 14.8 Å². The molecule has 0 N–H and O–H groups in total. The molecule has 0 spiro atoms. The number of carbonyl (C=O) groups is 1. The number of fused-ring (bicyclic) bond motifs is 1. The molecule has 19 heavy (non-hydrogen) atoms. The van der Waals surface area contributed by atoms with Crippen molar-refractivity contribution in [1.29, 1.82) is 0 Å². The van der Waals surface area contributed by atoms with Gasteiger partial charge < -0.3 is 0 Å². The third-order valence-corrected chi connectivity index (χ3v) is 3.16. The largest absolute Gasteiger partial charge is 0.298 e. The van der Waals surface area contributed by atoms with Crippen molar-refractivity contribution in [2.45, 2.75) is 33.2 Å². The zero-order chi connectivity index (χ0) is 14.2. The molecule has 2 aromatic rings. The minimum absolute atomic E-state index is 0.00937. The molecule has 6 heteroatoms. The molecule has 5 nitrogen and oxygen atoms in total. The molecular formula is C13H14BrN3O2. The average molecular weight is 324 g/mol. The van der Waals surface area contributed by atoms with E-state index >= 15 is 0 Å². The van der Waals surface area contributed by atoms with Crippen molar-refractivity contribution in [3.8, 4) is 0 Å². The Hall–Kier alpha value is -1.56. The molecule has 0 aliphatic carbocycles. The van der Waals surface area contributed by atoms with Gasteiger partial charge in [-0.15, -0.1) is 0 Å². The fourth-order valence-corrected chi connectivity index (χ4v) is 2.18. The maximum atomic E-state index is 12.2. The average Bonchev–Trinajstić information content (AvgIpc) is 2.31. The van der Waals surface area contributed by atoms with Gasteiger partial charge in [-0.05, 0) is 40.9 Å². The van der Waals surface area contributed by atoms with E-state index in [2.05, 4.69) is 26.0 Å². The molecule has 100 valence electrons. The molecule has 0 atom stereocenters. The molecule has 0 aliphatic rings. The lowest BCUT2D eigenvalue weighted by Gasteiger charge is -2.11. The Balaban J connectivity index is 2.82. The van der Waals surface area contributed by atoms with Crippen molar-refractivity contribution >= 4 is 32.6 Å². The summed E-state index contributed by atoms with van der Waals surface area (Å²) in [6, 6.07) is 3.42. The van der Waals surface area contributed by atoms with Gasteiger partial charge in [0.25, 0.3) is 5.56 Å². The van der Waals surface area contributed by atoms with E-state index in [1.165, 1.54) is 11.6 Å². The predicted molar refractivity (Wildman–Crippen MR) is 76.3 cm³/mol.